The van der Waals surface area contributed by atoms with Gasteiger partial charge in [-0.25, -0.2) is 0 Å². The average molecular weight is 268 g/mol. The second kappa shape index (κ2) is 6.55. The van der Waals surface area contributed by atoms with Gasteiger partial charge in [0.25, 0.3) is 0 Å². The molecule has 0 amide bonds. The van der Waals surface area contributed by atoms with Crippen molar-refractivity contribution in [2.45, 2.75) is 83.0 Å². The highest BCUT2D eigenvalue weighted by Crippen LogP contribution is 2.24. The molecule has 0 aromatic rings. The van der Waals surface area contributed by atoms with Gasteiger partial charge in [-0.3, -0.25) is 4.90 Å². The van der Waals surface area contributed by atoms with Crippen molar-refractivity contribution < 1.29 is 4.74 Å². The Morgan fingerprint density at radius 3 is 2.21 bits per heavy atom. The van der Waals surface area contributed by atoms with Gasteiger partial charge in [-0.15, -0.1) is 0 Å². The summed E-state index contributed by atoms with van der Waals surface area (Å²) in [5.41, 5.74) is 0.324. The van der Waals surface area contributed by atoms with Crippen LogP contribution in [0.5, 0.6) is 0 Å². The van der Waals surface area contributed by atoms with Crippen LogP contribution in [0.15, 0.2) is 0 Å². The minimum absolute atomic E-state index is 0.324. The molecule has 112 valence electrons. The number of nitrogens with zero attached hydrogens (tertiary/aromatic N) is 1. The zero-order valence-corrected chi connectivity index (χ0v) is 13.2. The fraction of sp³-hybridized carbons (Fsp3) is 1.00. The van der Waals surface area contributed by atoms with Crippen molar-refractivity contribution >= 4 is 0 Å². The smallest absolute Gasteiger partial charge is 0.0724 e. The van der Waals surface area contributed by atoms with Crippen LogP contribution in [0.1, 0.15) is 59.3 Å². The number of methoxy groups -OCH3 is 1. The quantitative estimate of drug-likeness (QED) is 0.852. The van der Waals surface area contributed by atoms with E-state index >= 15 is 0 Å². The van der Waals surface area contributed by atoms with Crippen molar-refractivity contribution in [3.63, 3.8) is 0 Å². The van der Waals surface area contributed by atoms with E-state index in [0.717, 1.165) is 0 Å². The first-order valence-corrected chi connectivity index (χ1v) is 8.04. The van der Waals surface area contributed by atoms with E-state index in [-0.39, 0.29) is 0 Å². The van der Waals surface area contributed by atoms with Gasteiger partial charge in [-0.2, -0.15) is 0 Å². The molecule has 3 nitrogen and oxygen atoms in total. The average Bonchev–Trinajstić information content (AvgIpc) is 2.39. The van der Waals surface area contributed by atoms with Gasteiger partial charge in [0.15, 0.2) is 0 Å². The van der Waals surface area contributed by atoms with E-state index in [4.69, 9.17) is 4.74 Å². The molecule has 2 unspecified atom stereocenters. The number of hydrogen-bond acceptors (Lipinski definition) is 3. The van der Waals surface area contributed by atoms with Crippen LogP contribution in [-0.4, -0.2) is 48.8 Å². The Morgan fingerprint density at radius 2 is 1.63 bits per heavy atom. The Morgan fingerprint density at radius 1 is 1.00 bits per heavy atom. The molecule has 0 bridgehead atoms. The Labute approximate surface area is 119 Å². The first-order valence-electron chi connectivity index (χ1n) is 8.04. The molecule has 0 aromatic heterocycles. The standard InChI is InChI=1S/C16H32N2O/c1-16(2,3)18-11-9-13(10-12-18)17-14-7-5-6-8-15(14)19-4/h13-15,17H,5-12H2,1-4H3. The summed E-state index contributed by atoms with van der Waals surface area (Å²) in [5, 5.41) is 3.88. The Balaban J connectivity index is 1.78. The number of piperidine rings is 1. The summed E-state index contributed by atoms with van der Waals surface area (Å²) >= 11 is 0. The number of likely N-dealkylation sites (tertiary alicyclic amines) is 1. The number of rotatable bonds is 3. The summed E-state index contributed by atoms with van der Waals surface area (Å²) < 4.78 is 5.65. The zero-order chi connectivity index (χ0) is 13.9. The first kappa shape index (κ1) is 15.3. The number of hydrogen-bond donors (Lipinski definition) is 1. The lowest BCUT2D eigenvalue weighted by Crippen LogP contribution is -2.54. The van der Waals surface area contributed by atoms with Crippen molar-refractivity contribution in [1.29, 1.82) is 0 Å². The maximum absolute atomic E-state index is 5.65. The fourth-order valence-electron chi connectivity index (χ4n) is 3.59. The van der Waals surface area contributed by atoms with E-state index in [2.05, 4.69) is 31.0 Å². The van der Waals surface area contributed by atoms with Crippen LogP contribution in [0.25, 0.3) is 0 Å². The van der Waals surface area contributed by atoms with Crippen LogP contribution < -0.4 is 5.32 Å². The summed E-state index contributed by atoms with van der Waals surface area (Å²) in [5.74, 6) is 0. The highest BCUT2D eigenvalue weighted by atomic mass is 16.5. The molecule has 1 heterocycles. The third-order valence-corrected chi connectivity index (χ3v) is 4.90. The third kappa shape index (κ3) is 4.17. The summed E-state index contributed by atoms with van der Waals surface area (Å²) in [6, 6.07) is 1.28. The molecule has 2 aliphatic rings. The highest BCUT2D eigenvalue weighted by molar-refractivity contribution is 4.89. The zero-order valence-electron chi connectivity index (χ0n) is 13.2. The second-order valence-corrected chi connectivity index (χ2v) is 7.26. The fourth-order valence-corrected chi connectivity index (χ4v) is 3.59. The van der Waals surface area contributed by atoms with Gasteiger partial charge in [0.2, 0.25) is 0 Å². The van der Waals surface area contributed by atoms with Crippen LogP contribution in [-0.2, 0) is 4.74 Å². The second-order valence-electron chi connectivity index (χ2n) is 7.26. The van der Waals surface area contributed by atoms with Crippen LogP contribution in [0.2, 0.25) is 0 Å². The Kier molecular flexibility index (Phi) is 5.27. The van der Waals surface area contributed by atoms with Crippen molar-refractivity contribution in [2.24, 2.45) is 0 Å². The van der Waals surface area contributed by atoms with Crippen molar-refractivity contribution in [3.05, 3.63) is 0 Å². The topological polar surface area (TPSA) is 24.5 Å². The summed E-state index contributed by atoms with van der Waals surface area (Å²) in [6.07, 6.45) is 8.22. The molecule has 1 saturated carbocycles. The van der Waals surface area contributed by atoms with Crippen LogP contribution >= 0.6 is 0 Å². The lowest BCUT2D eigenvalue weighted by molar-refractivity contribution is 0.0290. The van der Waals surface area contributed by atoms with Crippen molar-refractivity contribution in [3.8, 4) is 0 Å². The van der Waals surface area contributed by atoms with Crippen LogP contribution in [0.4, 0.5) is 0 Å². The Bertz CT molecular complexity index is 266. The highest BCUT2D eigenvalue weighted by Gasteiger charge is 2.30. The monoisotopic (exact) mass is 268 g/mol. The first-order chi connectivity index (χ1) is 9.00. The molecule has 1 aliphatic carbocycles. The summed E-state index contributed by atoms with van der Waals surface area (Å²) in [4.78, 5) is 2.61. The van der Waals surface area contributed by atoms with Gasteiger partial charge in [0.1, 0.15) is 0 Å². The molecule has 19 heavy (non-hydrogen) atoms. The SMILES string of the molecule is COC1CCCCC1NC1CCN(C(C)(C)C)CC1. The van der Waals surface area contributed by atoms with E-state index in [9.17, 15) is 0 Å². The van der Waals surface area contributed by atoms with Gasteiger partial charge >= 0.3 is 0 Å². The molecule has 2 rings (SSSR count). The van der Waals surface area contributed by atoms with Crippen molar-refractivity contribution in [1.82, 2.24) is 10.2 Å². The molecular formula is C16H32N2O. The molecule has 0 spiro atoms. The van der Waals surface area contributed by atoms with E-state index in [1.54, 1.807) is 0 Å². The number of ether oxygens (including phenoxy) is 1. The summed E-state index contributed by atoms with van der Waals surface area (Å²) in [6.45, 7) is 9.42. The van der Waals surface area contributed by atoms with Gasteiger partial charge in [0.05, 0.1) is 6.10 Å². The third-order valence-electron chi connectivity index (χ3n) is 4.90. The van der Waals surface area contributed by atoms with Crippen LogP contribution in [0.3, 0.4) is 0 Å². The predicted octanol–water partition coefficient (Wildman–Crippen LogP) is 2.80. The van der Waals surface area contributed by atoms with Crippen molar-refractivity contribution in [2.75, 3.05) is 20.2 Å². The molecule has 0 radical (unpaired) electrons. The normalized spacial score (nSPS) is 31.6. The molecule has 3 heteroatoms. The predicted molar refractivity (Wildman–Crippen MR) is 80.5 cm³/mol. The van der Waals surface area contributed by atoms with Gasteiger partial charge in [-0.05, 0) is 46.5 Å². The molecular weight excluding hydrogens is 236 g/mol. The van der Waals surface area contributed by atoms with E-state index < -0.39 is 0 Å². The van der Waals surface area contributed by atoms with Gasteiger partial charge < -0.3 is 10.1 Å². The molecule has 2 fully saturated rings. The van der Waals surface area contributed by atoms with E-state index in [1.165, 1.54) is 51.6 Å². The minimum Gasteiger partial charge on any atom is -0.380 e. The maximum Gasteiger partial charge on any atom is 0.0724 e. The number of nitrogens with one attached hydrogen (secondary N) is 1. The molecule has 1 saturated heterocycles. The largest absolute Gasteiger partial charge is 0.380 e. The summed E-state index contributed by atoms with van der Waals surface area (Å²) in [7, 11) is 1.87. The van der Waals surface area contributed by atoms with E-state index in [1.807, 2.05) is 7.11 Å². The molecule has 1 N–H and O–H groups in total. The molecule has 0 aromatic carbocycles. The lowest BCUT2D eigenvalue weighted by atomic mass is 9.90. The van der Waals surface area contributed by atoms with Gasteiger partial charge in [-0.1, -0.05) is 12.8 Å². The van der Waals surface area contributed by atoms with Gasteiger partial charge in [0, 0.05) is 37.8 Å². The van der Waals surface area contributed by atoms with Crippen LogP contribution in [0, 0.1) is 0 Å². The molecule has 1 aliphatic heterocycles. The minimum atomic E-state index is 0.324. The van der Waals surface area contributed by atoms with E-state index in [0.29, 0.717) is 23.7 Å². The molecule has 2 atom stereocenters. The lowest BCUT2D eigenvalue weighted by Gasteiger charge is -2.43. The Hall–Kier alpha value is -0.120. The maximum atomic E-state index is 5.65.